The summed E-state index contributed by atoms with van der Waals surface area (Å²) >= 11 is 3.35. The number of ether oxygens (including phenoxy) is 1. The van der Waals surface area contributed by atoms with Crippen LogP contribution in [0, 0.1) is 0 Å². The standard InChI is InChI=1S/C13H15BrN4O/c1-8(2)9-4-3-5-10(6-9)19-12-11(14)7-16-13(17-12)18-15/h3-8H,15H2,1-2H3,(H,16,17,18). The summed E-state index contributed by atoms with van der Waals surface area (Å²) in [6, 6.07) is 7.91. The van der Waals surface area contributed by atoms with Crippen LogP contribution in [0.2, 0.25) is 0 Å². The lowest BCUT2D eigenvalue weighted by Crippen LogP contribution is -2.10. The van der Waals surface area contributed by atoms with Crippen LogP contribution in [0.3, 0.4) is 0 Å². The van der Waals surface area contributed by atoms with Crippen molar-refractivity contribution in [2.45, 2.75) is 19.8 Å². The molecule has 0 saturated heterocycles. The van der Waals surface area contributed by atoms with Gasteiger partial charge in [-0.2, -0.15) is 4.98 Å². The molecule has 1 aromatic heterocycles. The van der Waals surface area contributed by atoms with Crippen LogP contribution >= 0.6 is 15.9 Å². The van der Waals surface area contributed by atoms with Crippen molar-refractivity contribution in [2.24, 2.45) is 5.84 Å². The normalized spacial score (nSPS) is 10.6. The topological polar surface area (TPSA) is 73.1 Å². The number of aromatic nitrogens is 2. The number of nitrogen functional groups attached to an aromatic ring is 1. The second-order valence-corrected chi connectivity index (χ2v) is 5.17. The van der Waals surface area contributed by atoms with E-state index in [-0.39, 0.29) is 0 Å². The van der Waals surface area contributed by atoms with Gasteiger partial charge in [-0.3, -0.25) is 5.43 Å². The summed E-state index contributed by atoms with van der Waals surface area (Å²) in [5.41, 5.74) is 3.60. The molecule has 0 spiro atoms. The maximum atomic E-state index is 5.75. The monoisotopic (exact) mass is 322 g/mol. The lowest BCUT2D eigenvalue weighted by molar-refractivity contribution is 0.458. The maximum Gasteiger partial charge on any atom is 0.240 e. The molecular formula is C13H15BrN4O. The van der Waals surface area contributed by atoms with Crippen molar-refractivity contribution in [2.75, 3.05) is 5.43 Å². The Hall–Kier alpha value is -1.66. The van der Waals surface area contributed by atoms with Crippen molar-refractivity contribution in [1.29, 1.82) is 0 Å². The van der Waals surface area contributed by atoms with Gasteiger partial charge < -0.3 is 4.74 Å². The van der Waals surface area contributed by atoms with E-state index in [1.54, 1.807) is 6.20 Å². The van der Waals surface area contributed by atoms with Crippen LogP contribution in [0.5, 0.6) is 11.6 Å². The molecule has 0 amide bonds. The molecule has 100 valence electrons. The van der Waals surface area contributed by atoms with Crippen molar-refractivity contribution < 1.29 is 4.74 Å². The second-order valence-electron chi connectivity index (χ2n) is 4.32. The molecule has 5 nitrogen and oxygen atoms in total. The summed E-state index contributed by atoms with van der Waals surface area (Å²) in [6.07, 6.45) is 1.59. The van der Waals surface area contributed by atoms with Gasteiger partial charge in [-0.05, 0) is 39.5 Å². The lowest BCUT2D eigenvalue weighted by Gasteiger charge is -2.10. The molecule has 0 aliphatic carbocycles. The van der Waals surface area contributed by atoms with E-state index in [2.05, 4.69) is 51.2 Å². The summed E-state index contributed by atoms with van der Waals surface area (Å²) in [5, 5.41) is 0. The van der Waals surface area contributed by atoms with E-state index in [4.69, 9.17) is 10.6 Å². The number of nitrogens with two attached hydrogens (primary N) is 1. The third-order valence-corrected chi connectivity index (χ3v) is 3.12. The smallest absolute Gasteiger partial charge is 0.240 e. The molecule has 19 heavy (non-hydrogen) atoms. The third kappa shape index (κ3) is 3.42. The van der Waals surface area contributed by atoms with Gasteiger partial charge in [-0.1, -0.05) is 26.0 Å². The van der Waals surface area contributed by atoms with Crippen LogP contribution in [0.25, 0.3) is 0 Å². The number of hydrogen-bond donors (Lipinski definition) is 2. The summed E-state index contributed by atoms with van der Waals surface area (Å²) in [6.45, 7) is 4.27. The first kappa shape index (κ1) is 13.8. The molecule has 0 bridgehead atoms. The molecule has 2 rings (SSSR count). The van der Waals surface area contributed by atoms with Gasteiger partial charge in [0.1, 0.15) is 5.75 Å². The molecule has 0 unspecified atom stereocenters. The average molecular weight is 323 g/mol. The second kappa shape index (κ2) is 5.99. The Kier molecular flexibility index (Phi) is 4.34. The number of halogens is 1. The highest BCUT2D eigenvalue weighted by Gasteiger charge is 2.08. The Balaban J connectivity index is 2.28. The number of rotatable bonds is 4. The zero-order chi connectivity index (χ0) is 13.8. The predicted molar refractivity (Wildman–Crippen MR) is 78.1 cm³/mol. The molecule has 2 aromatic rings. The van der Waals surface area contributed by atoms with Gasteiger partial charge in [0, 0.05) is 0 Å². The maximum absolute atomic E-state index is 5.75. The Morgan fingerprint density at radius 1 is 1.37 bits per heavy atom. The van der Waals surface area contributed by atoms with Gasteiger partial charge in [0.25, 0.3) is 0 Å². The highest BCUT2D eigenvalue weighted by Crippen LogP contribution is 2.29. The number of benzene rings is 1. The highest BCUT2D eigenvalue weighted by atomic mass is 79.9. The van der Waals surface area contributed by atoms with E-state index in [0.29, 0.717) is 22.2 Å². The minimum absolute atomic E-state index is 0.304. The zero-order valence-electron chi connectivity index (χ0n) is 10.7. The first-order chi connectivity index (χ1) is 9.10. The van der Waals surface area contributed by atoms with Gasteiger partial charge in [0.15, 0.2) is 0 Å². The summed E-state index contributed by atoms with van der Waals surface area (Å²) in [4.78, 5) is 8.11. The average Bonchev–Trinajstić information content (AvgIpc) is 2.41. The molecule has 0 aliphatic rings. The van der Waals surface area contributed by atoms with E-state index >= 15 is 0 Å². The molecule has 0 fully saturated rings. The number of anilines is 1. The van der Waals surface area contributed by atoms with Gasteiger partial charge >= 0.3 is 0 Å². The van der Waals surface area contributed by atoms with Crippen LogP contribution in [-0.2, 0) is 0 Å². The van der Waals surface area contributed by atoms with Crippen molar-refractivity contribution >= 4 is 21.9 Å². The number of hydrogen-bond acceptors (Lipinski definition) is 5. The van der Waals surface area contributed by atoms with Gasteiger partial charge in [0.2, 0.25) is 11.8 Å². The van der Waals surface area contributed by atoms with E-state index in [1.165, 1.54) is 5.56 Å². The molecule has 1 aromatic carbocycles. The zero-order valence-corrected chi connectivity index (χ0v) is 12.3. The summed E-state index contributed by atoms with van der Waals surface area (Å²) in [7, 11) is 0. The Bertz CT molecular complexity index is 574. The molecule has 0 saturated carbocycles. The van der Waals surface area contributed by atoms with E-state index < -0.39 is 0 Å². The number of nitrogens with zero attached hydrogens (tertiary/aromatic N) is 2. The quantitative estimate of drug-likeness (QED) is 0.666. The van der Waals surface area contributed by atoms with Crippen LogP contribution in [0.15, 0.2) is 34.9 Å². The van der Waals surface area contributed by atoms with E-state index in [1.807, 2.05) is 18.2 Å². The SMILES string of the molecule is CC(C)c1cccc(Oc2nc(NN)ncc2Br)c1. The van der Waals surface area contributed by atoms with Crippen LogP contribution < -0.4 is 16.0 Å². The molecule has 0 aliphatic heterocycles. The number of hydrazine groups is 1. The summed E-state index contributed by atoms with van der Waals surface area (Å²) < 4.78 is 6.42. The largest absolute Gasteiger partial charge is 0.438 e. The minimum atomic E-state index is 0.304. The molecular weight excluding hydrogens is 308 g/mol. The molecule has 6 heteroatoms. The number of nitrogens with one attached hydrogen (secondary N) is 1. The van der Waals surface area contributed by atoms with Crippen molar-refractivity contribution in [3.8, 4) is 11.6 Å². The van der Waals surface area contributed by atoms with Crippen LogP contribution in [0.4, 0.5) is 5.95 Å². The first-order valence-electron chi connectivity index (χ1n) is 5.87. The predicted octanol–water partition coefficient (Wildman–Crippen LogP) is 3.44. The molecule has 3 N–H and O–H groups in total. The lowest BCUT2D eigenvalue weighted by atomic mass is 10.0. The first-order valence-corrected chi connectivity index (χ1v) is 6.66. The molecule has 0 radical (unpaired) electrons. The van der Waals surface area contributed by atoms with E-state index in [9.17, 15) is 0 Å². The fourth-order valence-corrected chi connectivity index (χ4v) is 1.81. The van der Waals surface area contributed by atoms with E-state index in [0.717, 1.165) is 5.75 Å². The third-order valence-electron chi connectivity index (χ3n) is 2.58. The Morgan fingerprint density at radius 2 is 2.16 bits per heavy atom. The fraction of sp³-hybridized carbons (Fsp3) is 0.231. The molecule has 1 heterocycles. The Morgan fingerprint density at radius 3 is 2.84 bits per heavy atom. The Labute approximate surface area is 120 Å². The van der Waals surface area contributed by atoms with Gasteiger partial charge in [-0.15, -0.1) is 0 Å². The fourth-order valence-electron chi connectivity index (χ4n) is 1.54. The van der Waals surface area contributed by atoms with Crippen molar-refractivity contribution in [3.63, 3.8) is 0 Å². The van der Waals surface area contributed by atoms with Crippen LogP contribution in [-0.4, -0.2) is 9.97 Å². The summed E-state index contributed by atoms with van der Waals surface area (Å²) in [5.74, 6) is 7.18. The molecule has 0 atom stereocenters. The van der Waals surface area contributed by atoms with Gasteiger partial charge in [0.05, 0.1) is 10.7 Å². The van der Waals surface area contributed by atoms with Gasteiger partial charge in [-0.25, -0.2) is 10.8 Å². The van der Waals surface area contributed by atoms with Crippen molar-refractivity contribution in [3.05, 3.63) is 40.5 Å². The minimum Gasteiger partial charge on any atom is -0.438 e. The highest BCUT2D eigenvalue weighted by molar-refractivity contribution is 9.10. The van der Waals surface area contributed by atoms with Crippen molar-refractivity contribution in [1.82, 2.24) is 9.97 Å². The van der Waals surface area contributed by atoms with Crippen LogP contribution in [0.1, 0.15) is 25.3 Å².